The highest BCUT2D eigenvalue weighted by molar-refractivity contribution is 7.79. The summed E-state index contributed by atoms with van der Waals surface area (Å²) in [4.78, 5) is 0. The van der Waals surface area contributed by atoms with Crippen molar-refractivity contribution in [3.8, 4) is 0 Å². The van der Waals surface area contributed by atoms with Gasteiger partial charge in [0, 0.05) is 23.2 Å². The fourth-order valence-corrected chi connectivity index (χ4v) is 2.24. The Morgan fingerprint density at radius 1 is 1.50 bits per heavy atom. The van der Waals surface area contributed by atoms with Crippen molar-refractivity contribution in [2.45, 2.75) is 19.1 Å². The Balaban J connectivity index is 2.45. The number of rotatable bonds is 1. The maximum Gasteiger partial charge on any atom is 0.125 e. The van der Waals surface area contributed by atoms with E-state index in [1.807, 2.05) is 18.2 Å². The molecule has 1 aromatic rings. The number of fused-ring (bicyclic) bond motifs is 1. The summed E-state index contributed by atoms with van der Waals surface area (Å²) in [6.07, 6.45) is -0.0726. The van der Waals surface area contributed by atoms with Crippen LogP contribution >= 0.6 is 24.0 Å². The summed E-state index contributed by atoms with van der Waals surface area (Å²) in [6, 6.07) is 8.35. The molecule has 0 radical (unpaired) electrons. The fraction of sp³-hybridized carbons (Fsp3) is 0.300. The first-order valence-electron chi connectivity index (χ1n) is 4.49. The van der Waals surface area contributed by atoms with Gasteiger partial charge in [0.2, 0.25) is 0 Å². The number of anilines is 1. The second-order valence-electron chi connectivity index (χ2n) is 3.34. The fourth-order valence-electron chi connectivity index (χ4n) is 1.70. The molecule has 1 heterocycles. The average molecular weight is 227 g/mol. The first kappa shape index (κ1) is 9.90. The van der Waals surface area contributed by atoms with Gasteiger partial charge in [0.1, 0.15) is 6.17 Å². The maximum absolute atomic E-state index is 6.15. The van der Waals surface area contributed by atoms with Crippen molar-refractivity contribution < 1.29 is 0 Å². The SMILES string of the molecule is CC1NC(C=S)N(Cl)c2ccccc21. The van der Waals surface area contributed by atoms with Gasteiger partial charge in [0.05, 0.1) is 5.69 Å². The van der Waals surface area contributed by atoms with Crippen LogP contribution in [0.2, 0.25) is 0 Å². The van der Waals surface area contributed by atoms with Crippen LogP contribution in [0.3, 0.4) is 0 Å². The molecule has 2 rings (SSSR count). The Kier molecular flexibility index (Phi) is 2.72. The monoisotopic (exact) mass is 226 g/mol. The smallest absolute Gasteiger partial charge is 0.125 e. The molecule has 0 spiro atoms. The van der Waals surface area contributed by atoms with Gasteiger partial charge in [-0.2, -0.15) is 0 Å². The molecule has 1 aliphatic rings. The quantitative estimate of drug-likeness (QED) is 0.586. The molecule has 0 saturated carbocycles. The molecule has 0 saturated heterocycles. The highest BCUT2D eigenvalue weighted by Gasteiger charge is 2.26. The summed E-state index contributed by atoms with van der Waals surface area (Å²) in [5.74, 6) is 0. The van der Waals surface area contributed by atoms with Crippen LogP contribution in [0.4, 0.5) is 5.69 Å². The molecule has 0 aromatic heterocycles. The van der Waals surface area contributed by atoms with Crippen LogP contribution in [0, 0.1) is 0 Å². The zero-order valence-corrected chi connectivity index (χ0v) is 9.35. The second kappa shape index (κ2) is 3.85. The van der Waals surface area contributed by atoms with E-state index in [1.165, 1.54) is 5.56 Å². The number of thiocarbonyl (C=S) groups is 1. The third kappa shape index (κ3) is 1.52. The number of nitrogens with one attached hydrogen (secondary N) is 1. The van der Waals surface area contributed by atoms with Crippen LogP contribution in [-0.2, 0) is 0 Å². The first-order valence-corrected chi connectivity index (χ1v) is 5.30. The van der Waals surface area contributed by atoms with E-state index in [0.29, 0.717) is 0 Å². The molecule has 2 atom stereocenters. The van der Waals surface area contributed by atoms with Crippen molar-refractivity contribution in [2.24, 2.45) is 0 Å². The van der Waals surface area contributed by atoms with Crippen molar-refractivity contribution in [1.29, 1.82) is 0 Å². The van der Waals surface area contributed by atoms with Gasteiger partial charge in [0.25, 0.3) is 0 Å². The molecule has 0 bridgehead atoms. The molecular formula is C10H11ClN2S. The van der Waals surface area contributed by atoms with Gasteiger partial charge >= 0.3 is 0 Å². The highest BCUT2D eigenvalue weighted by Crippen LogP contribution is 2.32. The molecule has 1 aliphatic heterocycles. The number of nitrogens with zero attached hydrogens (tertiary/aromatic N) is 1. The summed E-state index contributed by atoms with van der Waals surface area (Å²) >= 11 is 11.1. The third-order valence-corrected chi connectivity index (χ3v) is 3.08. The second-order valence-corrected chi connectivity index (χ2v) is 3.98. The zero-order valence-electron chi connectivity index (χ0n) is 7.77. The van der Waals surface area contributed by atoms with Crippen LogP contribution in [0.1, 0.15) is 18.5 Å². The minimum absolute atomic E-state index is 0.0726. The van der Waals surface area contributed by atoms with E-state index in [2.05, 4.69) is 18.3 Å². The van der Waals surface area contributed by atoms with Gasteiger partial charge in [0.15, 0.2) is 0 Å². The average Bonchev–Trinajstić information content (AvgIpc) is 2.23. The van der Waals surface area contributed by atoms with Crippen molar-refractivity contribution in [3.05, 3.63) is 29.8 Å². The highest BCUT2D eigenvalue weighted by atomic mass is 35.5. The zero-order chi connectivity index (χ0) is 10.1. The number of hydrogen-bond acceptors (Lipinski definition) is 3. The lowest BCUT2D eigenvalue weighted by Gasteiger charge is -2.35. The molecule has 1 N–H and O–H groups in total. The summed E-state index contributed by atoms with van der Waals surface area (Å²) in [5.41, 5.74) is 2.24. The predicted molar refractivity (Wildman–Crippen MR) is 63.8 cm³/mol. The van der Waals surface area contributed by atoms with E-state index in [1.54, 1.807) is 9.79 Å². The third-order valence-electron chi connectivity index (χ3n) is 2.43. The van der Waals surface area contributed by atoms with Crippen LogP contribution in [0.5, 0.6) is 0 Å². The molecule has 74 valence electrons. The summed E-state index contributed by atoms with van der Waals surface area (Å²) in [6.45, 7) is 2.11. The van der Waals surface area contributed by atoms with Crippen LogP contribution in [-0.4, -0.2) is 11.5 Å². The van der Waals surface area contributed by atoms with Gasteiger partial charge in [-0.3, -0.25) is 9.74 Å². The van der Waals surface area contributed by atoms with Gasteiger partial charge in [-0.25, -0.2) is 0 Å². The number of benzene rings is 1. The normalized spacial score (nSPS) is 25.7. The molecule has 4 heteroatoms. The topological polar surface area (TPSA) is 15.3 Å². The molecule has 14 heavy (non-hydrogen) atoms. The predicted octanol–water partition coefficient (Wildman–Crippen LogP) is 2.64. The molecule has 1 aromatic carbocycles. The van der Waals surface area contributed by atoms with E-state index in [4.69, 9.17) is 24.0 Å². The largest absolute Gasteiger partial charge is 0.286 e. The Hall–Kier alpha value is -0.640. The van der Waals surface area contributed by atoms with Crippen molar-refractivity contribution >= 4 is 35.0 Å². The van der Waals surface area contributed by atoms with Crippen molar-refractivity contribution in [3.63, 3.8) is 0 Å². The Labute approximate surface area is 94.0 Å². The molecule has 2 nitrogen and oxygen atoms in total. The van der Waals surface area contributed by atoms with Gasteiger partial charge < -0.3 is 0 Å². The van der Waals surface area contributed by atoms with Gasteiger partial charge in [-0.1, -0.05) is 30.4 Å². The Morgan fingerprint density at radius 2 is 2.21 bits per heavy atom. The molecular weight excluding hydrogens is 216 g/mol. The van der Waals surface area contributed by atoms with Gasteiger partial charge in [-0.05, 0) is 18.6 Å². The summed E-state index contributed by atoms with van der Waals surface area (Å²) in [5, 5.41) is 4.94. The van der Waals surface area contributed by atoms with Gasteiger partial charge in [-0.15, -0.1) is 0 Å². The van der Waals surface area contributed by atoms with Crippen molar-refractivity contribution in [2.75, 3.05) is 4.42 Å². The lowest BCUT2D eigenvalue weighted by atomic mass is 10.0. The molecule has 2 unspecified atom stereocenters. The number of halogens is 1. The van der Waals surface area contributed by atoms with E-state index >= 15 is 0 Å². The molecule has 0 amide bonds. The number of para-hydroxylation sites is 1. The maximum atomic E-state index is 6.15. The minimum Gasteiger partial charge on any atom is -0.286 e. The minimum atomic E-state index is -0.0726. The van der Waals surface area contributed by atoms with E-state index in [9.17, 15) is 0 Å². The molecule has 0 aliphatic carbocycles. The van der Waals surface area contributed by atoms with Crippen LogP contribution < -0.4 is 9.74 Å². The summed E-state index contributed by atoms with van der Waals surface area (Å²) < 4.78 is 1.64. The van der Waals surface area contributed by atoms with E-state index in [0.717, 1.165) is 5.69 Å². The summed E-state index contributed by atoms with van der Waals surface area (Å²) in [7, 11) is 0. The van der Waals surface area contributed by atoms with E-state index in [-0.39, 0.29) is 12.2 Å². The standard InChI is InChI=1S/C10H11ClN2S/c1-7-8-4-2-3-5-9(8)13(11)10(6-14)12-7/h2-7,10,12H,1H3. The molecule has 0 fully saturated rings. The lowest BCUT2D eigenvalue weighted by molar-refractivity contribution is 0.526. The lowest BCUT2D eigenvalue weighted by Crippen LogP contribution is -2.47. The van der Waals surface area contributed by atoms with Crippen LogP contribution in [0.25, 0.3) is 0 Å². The van der Waals surface area contributed by atoms with Crippen molar-refractivity contribution in [1.82, 2.24) is 5.32 Å². The number of hydrogen-bond donors (Lipinski definition) is 1. The van der Waals surface area contributed by atoms with Crippen LogP contribution in [0.15, 0.2) is 24.3 Å². The first-order chi connectivity index (χ1) is 6.74. The Bertz CT molecular complexity index is 356. The Morgan fingerprint density at radius 3 is 2.93 bits per heavy atom. The van der Waals surface area contributed by atoms with E-state index < -0.39 is 0 Å².